The summed E-state index contributed by atoms with van der Waals surface area (Å²) in [6.45, 7) is 2.37. The van der Waals surface area contributed by atoms with Crippen LogP contribution in [0.4, 0.5) is 5.69 Å². The number of hydrogen-bond acceptors (Lipinski definition) is 4. The van der Waals surface area contributed by atoms with Crippen LogP contribution in [-0.4, -0.2) is 26.0 Å². The molecule has 2 aromatic rings. The van der Waals surface area contributed by atoms with E-state index < -0.39 is 10.2 Å². The van der Waals surface area contributed by atoms with Crippen LogP contribution in [0.3, 0.4) is 0 Å². The Morgan fingerprint density at radius 2 is 2.29 bits per heavy atom. The van der Waals surface area contributed by atoms with Crippen molar-refractivity contribution < 1.29 is 8.42 Å². The summed E-state index contributed by atoms with van der Waals surface area (Å²) in [4.78, 5) is 4.01. The van der Waals surface area contributed by atoms with Crippen molar-refractivity contribution in [1.29, 1.82) is 5.26 Å². The SMILES string of the molecule is CC[C@H]1CNS(=O)(=O)N1c1ccc2c(C#N)nccc2c1. The van der Waals surface area contributed by atoms with Gasteiger partial charge in [-0.3, -0.25) is 4.31 Å². The fourth-order valence-corrected chi connectivity index (χ4v) is 4.15. The fraction of sp³-hybridized carbons (Fsp3) is 0.286. The van der Waals surface area contributed by atoms with Gasteiger partial charge in [-0.05, 0) is 36.1 Å². The van der Waals surface area contributed by atoms with Crippen molar-refractivity contribution in [1.82, 2.24) is 9.71 Å². The van der Waals surface area contributed by atoms with Gasteiger partial charge in [0.25, 0.3) is 0 Å². The maximum absolute atomic E-state index is 12.1. The largest absolute Gasteiger partial charge is 0.301 e. The number of hydrogen-bond donors (Lipinski definition) is 1. The minimum atomic E-state index is -3.48. The molecule has 0 amide bonds. The number of nitriles is 1. The highest BCUT2D eigenvalue weighted by Gasteiger charge is 2.36. The van der Waals surface area contributed by atoms with Crippen molar-refractivity contribution in [3.63, 3.8) is 0 Å². The van der Waals surface area contributed by atoms with Gasteiger partial charge in [-0.15, -0.1) is 0 Å². The molecule has 1 aromatic carbocycles. The van der Waals surface area contributed by atoms with Crippen LogP contribution in [0, 0.1) is 11.3 Å². The molecule has 0 aliphatic carbocycles. The van der Waals surface area contributed by atoms with E-state index in [1.807, 2.05) is 13.0 Å². The lowest BCUT2D eigenvalue weighted by atomic mass is 10.1. The molecule has 108 valence electrons. The molecule has 6 nitrogen and oxygen atoms in total. The lowest BCUT2D eigenvalue weighted by Gasteiger charge is -2.23. The summed E-state index contributed by atoms with van der Waals surface area (Å²) in [5.74, 6) is 0. The molecule has 0 spiro atoms. The fourth-order valence-electron chi connectivity index (χ4n) is 2.60. The van der Waals surface area contributed by atoms with Crippen molar-refractivity contribution in [2.45, 2.75) is 19.4 Å². The van der Waals surface area contributed by atoms with Crippen molar-refractivity contribution in [2.75, 3.05) is 10.8 Å². The molecule has 21 heavy (non-hydrogen) atoms. The average molecular weight is 302 g/mol. The summed E-state index contributed by atoms with van der Waals surface area (Å²) in [6, 6.07) is 8.97. The lowest BCUT2D eigenvalue weighted by Crippen LogP contribution is -2.34. The summed E-state index contributed by atoms with van der Waals surface area (Å²) in [6.07, 6.45) is 2.28. The number of fused-ring (bicyclic) bond motifs is 1. The lowest BCUT2D eigenvalue weighted by molar-refractivity contribution is 0.590. The molecule has 1 aliphatic heterocycles. The van der Waals surface area contributed by atoms with Gasteiger partial charge in [0, 0.05) is 18.1 Å². The van der Waals surface area contributed by atoms with E-state index in [4.69, 9.17) is 5.26 Å². The summed E-state index contributed by atoms with van der Waals surface area (Å²) in [7, 11) is -3.48. The third-order valence-electron chi connectivity index (χ3n) is 3.67. The molecule has 1 aromatic heterocycles. The van der Waals surface area contributed by atoms with E-state index in [1.165, 1.54) is 4.31 Å². The Balaban J connectivity index is 2.16. The Morgan fingerprint density at radius 3 is 3.00 bits per heavy atom. The predicted molar refractivity (Wildman–Crippen MR) is 79.9 cm³/mol. The predicted octanol–water partition coefficient (Wildman–Crippen LogP) is 1.54. The molecule has 1 fully saturated rings. The van der Waals surface area contributed by atoms with E-state index in [-0.39, 0.29) is 6.04 Å². The topological polar surface area (TPSA) is 86.1 Å². The van der Waals surface area contributed by atoms with Crippen molar-refractivity contribution >= 4 is 26.7 Å². The second kappa shape index (κ2) is 4.98. The van der Waals surface area contributed by atoms with Gasteiger partial charge in [-0.2, -0.15) is 18.4 Å². The molecule has 1 saturated heterocycles. The highest BCUT2D eigenvalue weighted by atomic mass is 32.2. The number of nitrogens with zero attached hydrogens (tertiary/aromatic N) is 3. The zero-order valence-corrected chi connectivity index (χ0v) is 12.3. The second-order valence-electron chi connectivity index (χ2n) is 4.89. The Morgan fingerprint density at radius 1 is 1.48 bits per heavy atom. The number of nitrogens with one attached hydrogen (secondary N) is 1. The van der Waals surface area contributed by atoms with Gasteiger partial charge < -0.3 is 0 Å². The first-order valence-electron chi connectivity index (χ1n) is 6.64. The van der Waals surface area contributed by atoms with Gasteiger partial charge in [0.2, 0.25) is 0 Å². The standard InChI is InChI=1S/C14H14N4O2S/c1-2-11-9-17-21(19,20)18(11)12-3-4-13-10(7-12)5-6-16-14(13)8-15/h3-7,11,17H,2,9H2,1H3/t11-/m0/s1. The molecule has 0 radical (unpaired) electrons. The summed E-state index contributed by atoms with van der Waals surface area (Å²) >= 11 is 0. The third kappa shape index (κ3) is 2.22. The maximum atomic E-state index is 12.1. The molecular formula is C14H14N4O2S. The van der Waals surface area contributed by atoms with E-state index in [0.717, 1.165) is 17.2 Å². The minimum Gasteiger partial charge on any atom is -0.253 e. The number of rotatable bonds is 2. The van der Waals surface area contributed by atoms with Crippen LogP contribution in [0.5, 0.6) is 0 Å². The van der Waals surface area contributed by atoms with Crippen LogP contribution >= 0.6 is 0 Å². The number of pyridine rings is 1. The Labute approximate surface area is 123 Å². The third-order valence-corrected chi connectivity index (χ3v) is 5.23. The molecule has 0 saturated carbocycles. The molecule has 3 rings (SSSR count). The van der Waals surface area contributed by atoms with E-state index >= 15 is 0 Å². The minimum absolute atomic E-state index is 0.0928. The monoisotopic (exact) mass is 302 g/mol. The Kier molecular flexibility index (Phi) is 3.27. The van der Waals surface area contributed by atoms with Crippen LogP contribution < -0.4 is 9.03 Å². The second-order valence-corrected chi connectivity index (χ2v) is 6.52. The van der Waals surface area contributed by atoms with Crippen LogP contribution in [0.2, 0.25) is 0 Å². The molecule has 0 bridgehead atoms. The molecule has 1 N–H and O–H groups in total. The quantitative estimate of drug-likeness (QED) is 0.911. The Bertz CT molecular complexity index is 842. The molecule has 7 heteroatoms. The molecule has 2 heterocycles. The van der Waals surface area contributed by atoms with E-state index in [0.29, 0.717) is 17.9 Å². The molecule has 1 atom stereocenters. The van der Waals surface area contributed by atoms with Crippen LogP contribution in [0.1, 0.15) is 19.0 Å². The first kappa shape index (κ1) is 13.8. The van der Waals surface area contributed by atoms with Gasteiger partial charge in [0.15, 0.2) is 0 Å². The first-order chi connectivity index (χ1) is 10.1. The number of aromatic nitrogens is 1. The highest BCUT2D eigenvalue weighted by molar-refractivity contribution is 7.91. The van der Waals surface area contributed by atoms with Gasteiger partial charge in [-0.25, -0.2) is 4.98 Å². The van der Waals surface area contributed by atoms with Crippen molar-refractivity contribution in [3.8, 4) is 6.07 Å². The van der Waals surface area contributed by atoms with E-state index in [1.54, 1.807) is 30.5 Å². The zero-order chi connectivity index (χ0) is 15.0. The smallest absolute Gasteiger partial charge is 0.253 e. The van der Waals surface area contributed by atoms with Gasteiger partial charge in [0.1, 0.15) is 11.8 Å². The summed E-state index contributed by atoms with van der Waals surface area (Å²) in [5.41, 5.74) is 0.947. The Hall–Kier alpha value is -2.17. The molecular weight excluding hydrogens is 288 g/mol. The van der Waals surface area contributed by atoms with Gasteiger partial charge >= 0.3 is 10.2 Å². The zero-order valence-electron chi connectivity index (χ0n) is 11.4. The molecule has 1 aliphatic rings. The van der Waals surface area contributed by atoms with Gasteiger partial charge in [-0.1, -0.05) is 6.92 Å². The normalized spacial score (nSPS) is 20.6. The van der Waals surface area contributed by atoms with E-state index in [2.05, 4.69) is 9.71 Å². The average Bonchev–Trinajstić information content (AvgIpc) is 2.80. The first-order valence-corrected chi connectivity index (χ1v) is 8.08. The van der Waals surface area contributed by atoms with Crippen molar-refractivity contribution in [3.05, 3.63) is 36.2 Å². The van der Waals surface area contributed by atoms with Crippen LogP contribution in [0.25, 0.3) is 10.8 Å². The van der Waals surface area contributed by atoms with Crippen LogP contribution in [0.15, 0.2) is 30.5 Å². The maximum Gasteiger partial charge on any atom is 0.301 e. The van der Waals surface area contributed by atoms with Gasteiger partial charge in [0.05, 0.1) is 11.7 Å². The summed E-state index contributed by atoms with van der Waals surface area (Å²) in [5, 5.41) is 10.6. The number of anilines is 1. The number of benzene rings is 1. The van der Waals surface area contributed by atoms with Crippen molar-refractivity contribution in [2.24, 2.45) is 0 Å². The van der Waals surface area contributed by atoms with E-state index in [9.17, 15) is 8.42 Å². The van der Waals surface area contributed by atoms with Crippen LogP contribution in [-0.2, 0) is 10.2 Å². The summed E-state index contributed by atoms with van der Waals surface area (Å²) < 4.78 is 28.2. The molecule has 0 unspecified atom stereocenters. The highest BCUT2D eigenvalue weighted by Crippen LogP contribution is 2.29.